The van der Waals surface area contributed by atoms with Crippen molar-refractivity contribution in [3.05, 3.63) is 65.1 Å². The van der Waals surface area contributed by atoms with Gasteiger partial charge in [-0.2, -0.15) is 0 Å². The molecule has 12 atom stereocenters. The highest BCUT2D eigenvalue weighted by Gasteiger charge is 2.59. The highest BCUT2D eigenvalue weighted by atomic mass is 16.5. The Morgan fingerprint density at radius 3 is 2.01 bits per heavy atom. The Bertz CT molecular complexity index is 2520. The molecule has 3 aliphatic heterocycles. The molecule has 0 radical (unpaired) electrons. The van der Waals surface area contributed by atoms with E-state index in [1.165, 1.54) is 67.7 Å². The summed E-state index contributed by atoms with van der Waals surface area (Å²) in [6, 6.07) is 12.2. The number of carbonyl (C=O) groups is 5. The lowest BCUT2D eigenvalue weighted by Gasteiger charge is -2.46. The molecule has 7 fully saturated rings. The van der Waals surface area contributed by atoms with E-state index in [0.717, 1.165) is 74.9 Å². The Labute approximate surface area is 405 Å². The third-order valence-corrected chi connectivity index (χ3v) is 17.9. The molecule has 1 aromatic heterocycles. The third-order valence-electron chi connectivity index (χ3n) is 17.9. The maximum Gasteiger partial charge on any atom is 0.407 e. The third kappa shape index (κ3) is 8.27. The van der Waals surface area contributed by atoms with E-state index >= 15 is 0 Å². The number of likely N-dealkylation sites (tertiary alicyclic amines) is 2. The van der Waals surface area contributed by atoms with Crippen molar-refractivity contribution in [1.29, 1.82) is 0 Å². The van der Waals surface area contributed by atoms with Crippen LogP contribution in [-0.4, -0.2) is 106 Å². The number of piperidine rings is 2. The van der Waals surface area contributed by atoms with Crippen LogP contribution in [0.3, 0.4) is 0 Å². The Balaban J connectivity index is 0.793. The van der Waals surface area contributed by atoms with E-state index in [0.29, 0.717) is 17.3 Å². The van der Waals surface area contributed by atoms with Crippen molar-refractivity contribution in [3.63, 3.8) is 0 Å². The number of amides is 5. The van der Waals surface area contributed by atoms with Crippen LogP contribution in [0.2, 0.25) is 0 Å². The lowest BCUT2D eigenvalue weighted by molar-refractivity contribution is -0.140. The number of aromatic nitrogens is 2. The van der Waals surface area contributed by atoms with Gasteiger partial charge in [0.1, 0.15) is 24.1 Å². The summed E-state index contributed by atoms with van der Waals surface area (Å²) >= 11 is 0. The summed E-state index contributed by atoms with van der Waals surface area (Å²) in [5.41, 5.74) is 9.17. The van der Waals surface area contributed by atoms with E-state index < -0.39 is 24.3 Å². The maximum absolute atomic E-state index is 14.2. The molecule has 15 heteroatoms. The molecule has 69 heavy (non-hydrogen) atoms. The molecular formula is C54H70N8O7. The van der Waals surface area contributed by atoms with Gasteiger partial charge in [0.2, 0.25) is 17.7 Å². The first kappa shape index (κ1) is 46.0. The number of nitrogens with zero attached hydrogens (tertiary/aromatic N) is 3. The second-order valence-electron chi connectivity index (χ2n) is 22.7. The van der Waals surface area contributed by atoms with Gasteiger partial charge in [-0.1, -0.05) is 76.9 Å². The predicted octanol–water partition coefficient (Wildman–Crippen LogP) is 7.11. The average molecular weight is 943 g/mol. The highest BCUT2D eigenvalue weighted by Crippen LogP contribution is 2.56. The molecule has 11 rings (SSSR count). The smallest absolute Gasteiger partial charge is 0.407 e. The van der Waals surface area contributed by atoms with E-state index in [1.54, 1.807) is 0 Å². The summed E-state index contributed by atoms with van der Waals surface area (Å²) in [6.45, 7) is 7.74. The number of benzene rings is 2. The van der Waals surface area contributed by atoms with Crippen molar-refractivity contribution >= 4 is 29.9 Å². The highest BCUT2D eigenvalue weighted by molar-refractivity contribution is 5.88. The van der Waals surface area contributed by atoms with Gasteiger partial charge in [0.25, 0.3) is 0 Å². The average Bonchev–Trinajstić information content (AvgIpc) is 3.82. The molecule has 1 spiro atoms. The van der Waals surface area contributed by atoms with Gasteiger partial charge in [-0.3, -0.25) is 19.7 Å². The summed E-state index contributed by atoms with van der Waals surface area (Å²) in [4.78, 5) is 79.0. The number of ether oxygens (including phenoxy) is 2. The van der Waals surface area contributed by atoms with Crippen LogP contribution >= 0.6 is 0 Å². The fourth-order valence-electron chi connectivity index (χ4n) is 14.1. The van der Waals surface area contributed by atoms with Crippen molar-refractivity contribution in [2.24, 2.45) is 35.0 Å². The molecule has 3 aromatic rings. The summed E-state index contributed by atoms with van der Waals surface area (Å²) < 4.78 is 9.71. The molecule has 5 aliphatic carbocycles. The van der Waals surface area contributed by atoms with Gasteiger partial charge in [0.05, 0.1) is 44.1 Å². The largest absolute Gasteiger partial charge is 0.453 e. The minimum absolute atomic E-state index is 0.0405. The lowest BCUT2D eigenvalue weighted by Crippen LogP contribution is -2.69. The van der Waals surface area contributed by atoms with Crippen molar-refractivity contribution in [2.45, 2.75) is 166 Å². The van der Waals surface area contributed by atoms with Crippen LogP contribution in [0.25, 0.3) is 22.4 Å². The first-order valence-corrected chi connectivity index (χ1v) is 25.9. The predicted molar refractivity (Wildman–Crippen MR) is 258 cm³/mol. The van der Waals surface area contributed by atoms with Crippen LogP contribution in [0.1, 0.15) is 133 Å². The van der Waals surface area contributed by atoms with Crippen molar-refractivity contribution < 1.29 is 33.4 Å². The molecule has 4 heterocycles. The Morgan fingerprint density at radius 2 is 1.35 bits per heavy atom. The van der Waals surface area contributed by atoms with Gasteiger partial charge >= 0.3 is 12.2 Å². The van der Waals surface area contributed by atoms with E-state index in [-0.39, 0.29) is 77.8 Å². The summed E-state index contributed by atoms with van der Waals surface area (Å²) in [6.07, 6.45) is 13.9. The van der Waals surface area contributed by atoms with Gasteiger partial charge in [-0.15, -0.1) is 0 Å². The van der Waals surface area contributed by atoms with E-state index in [9.17, 15) is 24.0 Å². The molecule has 5 N–H and O–H groups in total. The van der Waals surface area contributed by atoms with Gasteiger partial charge in [0.15, 0.2) is 0 Å². The molecule has 5 amide bonds. The molecule has 2 aromatic carbocycles. The Morgan fingerprint density at radius 1 is 0.739 bits per heavy atom. The van der Waals surface area contributed by atoms with E-state index in [4.69, 9.17) is 14.5 Å². The van der Waals surface area contributed by atoms with Gasteiger partial charge in [-0.25, -0.2) is 14.6 Å². The molecule has 4 saturated carbocycles. The maximum atomic E-state index is 14.2. The van der Waals surface area contributed by atoms with Crippen LogP contribution in [-0.2, 0) is 36.7 Å². The van der Waals surface area contributed by atoms with Crippen molar-refractivity contribution in [2.75, 3.05) is 14.2 Å². The second-order valence-corrected chi connectivity index (χ2v) is 22.7. The topological polar surface area (TPSA) is 187 Å². The number of hydrogen-bond donors (Lipinski definition) is 5. The normalized spacial score (nSPS) is 31.1. The summed E-state index contributed by atoms with van der Waals surface area (Å²) in [5, 5.41) is 12.8. The monoisotopic (exact) mass is 943 g/mol. The number of rotatable bonds is 11. The number of methoxy groups -OCH3 is 2. The summed E-state index contributed by atoms with van der Waals surface area (Å²) in [5.74, 6) is 1.46. The Hall–Kier alpha value is -5.44. The molecule has 0 bridgehead atoms. The molecule has 8 aliphatic rings. The molecular weight excluding hydrogens is 873 g/mol. The van der Waals surface area contributed by atoms with Crippen molar-refractivity contribution in [3.8, 4) is 22.4 Å². The molecule has 8 unspecified atom stereocenters. The van der Waals surface area contributed by atoms with Gasteiger partial charge in [0, 0.05) is 18.1 Å². The van der Waals surface area contributed by atoms with Crippen LogP contribution in [0.5, 0.6) is 0 Å². The van der Waals surface area contributed by atoms with Gasteiger partial charge < -0.3 is 40.2 Å². The Kier molecular flexibility index (Phi) is 11.8. The molecule has 15 nitrogen and oxygen atoms in total. The number of H-pyrrole nitrogens is 1. The SMILES string of the molecule is COC(=O)N[C@H](C(=O)N1C2CC2C[C@H]1c1ncc(-c2ccc(-c3ccc(C4CCC5NC([C@@H]6CC7CC7N6C(=O)[C@@H](NC(=O)OC)C(C)C)NC(=O)C5C4)c4c3CC3(CCCC3)C4)cc2)[nH]1)C(C)C. The van der Waals surface area contributed by atoms with Crippen LogP contribution in [0.4, 0.5) is 9.59 Å². The zero-order valence-electron chi connectivity index (χ0n) is 41.0. The first-order valence-electron chi connectivity index (χ1n) is 25.9. The summed E-state index contributed by atoms with van der Waals surface area (Å²) in [7, 11) is 2.63. The number of carbonyl (C=O) groups excluding carboxylic acids is 5. The van der Waals surface area contributed by atoms with E-state index in [2.05, 4.69) is 62.6 Å². The van der Waals surface area contributed by atoms with Crippen LogP contribution < -0.4 is 21.3 Å². The fraction of sp³-hybridized carbons (Fsp3) is 0.630. The first-order chi connectivity index (χ1) is 33.2. The number of alkyl carbamates (subject to hydrolysis) is 2. The zero-order chi connectivity index (χ0) is 48.0. The lowest BCUT2D eigenvalue weighted by atomic mass is 9.72. The second kappa shape index (κ2) is 17.8. The number of nitrogens with one attached hydrogen (secondary N) is 5. The number of imidazole rings is 1. The molecule has 3 saturated heterocycles. The van der Waals surface area contributed by atoms with Crippen LogP contribution in [0, 0.1) is 35.0 Å². The minimum atomic E-state index is -0.697. The van der Waals surface area contributed by atoms with Crippen molar-refractivity contribution in [1.82, 2.24) is 41.0 Å². The van der Waals surface area contributed by atoms with Gasteiger partial charge in [-0.05, 0) is 139 Å². The minimum Gasteiger partial charge on any atom is -0.453 e. The molecule has 368 valence electrons. The number of fused-ring (bicyclic) bond motifs is 4. The fourth-order valence-corrected chi connectivity index (χ4v) is 14.1. The number of aromatic amines is 1. The standard InChI is InChI=1S/C54H70N8O7/c1-27(2)45(58-52(66)68-5)50(64)61-41-20-32(41)22-43(61)47-55-26-40(57-47)30-11-9-29(10-12-30)34-14-15-35(38-25-54(24-37(34)38)17-7-8-18-54)31-13-16-39-36(19-31)49(63)60-48(56-39)44-23-33-21-42(33)62(44)51(65)46(28(3)4)59-53(67)69-6/h9-12,14-15,26-28,31-33,36,39,41-46,48,56H,7-8,13,16-25H2,1-6H3,(H,55,57)(H,58,66)(H,59,67)(H,60,63)/t31?,32?,33?,36?,39?,41?,42?,43-,44-,45-,46-,48?/m0/s1. The zero-order valence-corrected chi connectivity index (χ0v) is 41.0. The van der Waals surface area contributed by atoms with E-state index in [1.807, 2.05) is 43.7 Å². The number of hydrogen-bond acceptors (Lipinski definition) is 9. The quantitative estimate of drug-likeness (QED) is 0.134. The van der Waals surface area contributed by atoms with Crippen LogP contribution in [0.15, 0.2) is 42.6 Å².